The van der Waals surface area contributed by atoms with Crippen molar-refractivity contribution in [3.63, 3.8) is 0 Å². The SMILES string of the molecule is C=CCN1C(=O)[C@@H](CC(=O)Nc2ccc(Cl)cc2)SC1=Nc1cccc(Cl)c1. The lowest BCUT2D eigenvalue weighted by Crippen LogP contribution is -2.33. The molecule has 2 aromatic carbocycles. The summed E-state index contributed by atoms with van der Waals surface area (Å²) in [6.07, 6.45) is 1.66. The van der Waals surface area contributed by atoms with E-state index < -0.39 is 5.25 Å². The predicted octanol–water partition coefficient (Wildman–Crippen LogP) is 5.14. The Bertz CT molecular complexity index is 931. The van der Waals surface area contributed by atoms with Gasteiger partial charge in [-0.25, -0.2) is 4.99 Å². The van der Waals surface area contributed by atoms with E-state index in [1.165, 1.54) is 16.7 Å². The zero-order valence-electron chi connectivity index (χ0n) is 14.8. The van der Waals surface area contributed by atoms with Gasteiger partial charge in [-0.05, 0) is 42.5 Å². The minimum absolute atomic E-state index is 0.0360. The quantitative estimate of drug-likeness (QED) is 0.641. The molecule has 28 heavy (non-hydrogen) atoms. The summed E-state index contributed by atoms with van der Waals surface area (Å²) in [5, 5.41) is 3.90. The Morgan fingerprint density at radius 1 is 1.21 bits per heavy atom. The lowest BCUT2D eigenvalue weighted by molar-refractivity contribution is -0.127. The summed E-state index contributed by atoms with van der Waals surface area (Å²) in [6.45, 7) is 4.01. The Labute approximate surface area is 177 Å². The van der Waals surface area contributed by atoms with E-state index in [-0.39, 0.29) is 18.2 Å². The van der Waals surface area contributed by atoms with Crippen LogP contribution in [0.4, 0.5) is 11.4 Å². The van der Waals surface area contributed by atoms with Crippen LogP contribution >= 0.6 is 35.0 Å². The number of halogens is 2. The summed E-state index contributed by atoms with van der Waals surface area (Å²) in [4.78, 5) is 31.2. The predicted molar refractivity (Wildman–Crippen MR) is 117 cm³/mol. The maximum atomic E-state index is 12.7. The van der Waals surface area contributed by atoms with E-state index in [0.29, 0.717) is 33.1 Å². The van der Waals surface area contributed by atoms with Gasteiger partial charge in [0.2, 0.25) is 11.8 Å². The van der Waals surface area contributed by atoms with Crippen LogP contribution in [0.2, 0.25) is 10.0 Å². The third-order valence-electron chi connectivity index (χ3n) is 3.86. The number of benzene rings is 2. The van der Waals surface area contributed by atoms with Crippen molar-refractivity contribution in [2.24, 2.45) is 4.99 Å². The van der Waals surface area contributed by atoms with Gasteiger partial charge in [0.05, 0.1) is 5.69 Å². The van der Waals surface area contributed by atoms with E-state index in [4.69, 9.17) is 23.2 Å². The van der Waals surface area contributed by atoms with Crippen molar-refractivity contribution in [1.29, 1.82) is 0 Å². The Hall–Kier alpha value is -2.28. The highest BCUT2D eigenvalue weighted by Crippen LogP contribution is 2.32. The van der Waals surface area contributed by atoms with E-state index in [2.05, 4.69) is 16.9 Å². The van der Waals surface area contributed by atoms with Gasteiger partial charge in [0.25, 0.3) is 0 Å². The molecule has 1 atom stereocenters. The maximum absolute atomic E-state index is 12.7. The molecular formula is C20H17Cl2N3O2S. The molecular weight excluding hydrogens is 417 g/mol. The average Bonchev–Trinajstić information content (AvgIpc) is 2.93. The number of amides is 2. The topological polar surface area (TPSA) is 61.8 Å². The fraction of sp³-hybridized carbons (Fsp3) is 0.150. The van der Waals surface area contributed by atoms with Crippen LogP contribution < -0.4 is 5.32 Å². The lowest BCUT2D eigenvalue weighted by Gasteiger charge is -2.13. The number of carbonyl (C=O) groups excluding carboxylic acids is 2. The molecule has 2 aromatic rings. The molecule has 1 N–H and O–H groups in total. The zero-order valence-corrected chi connectivity index (χ0v) is 17.1. The van der Waals surface area contributed by atoms with Gasteiger partial charge in [-0.3, -0.25) is 14.5 Å². The monoisotopic (exact) mass is 433 g/mol. The van der Waals surface area contributed by atoms with Gasteiger partial charge < -0.3 is 5.32 Å². The molecule has 2 amide bonds. The van der Waals surface area contributed by atoms with Crippen molar-refractivity contribution in [3.8, 4) is 0 Å². The first-order chi connectivity index (χ1) is 13.5. The molecule has 0 aliphatic carbocycles. The highest BCUT2D eigenvalue weighted by Gasteiger charge is 2.38. The summed E-state index contributed by atoms with van der Waals surface area (Å²) in [5.41, 5.74) is 1.27. The molecule has 0 aromatic heterocycles. The Morgan fingerprint density at radius 2 is 1.96 bits per heavy atom. The van der Waals surface area contributed by atoms with E-state index in [1.807, 2.05) is 0 Å². The highest BCUT2D eigenvalue weighted by atomic mass is 35.5. The number of rotatable bonds is 6. The number of carbonyl (C=O) groups is 2. The molecule has 0 unspecified atom stereocenters. The fourth-order valence-electron chi connectivity index (χ4n) is 2.59. The number of nitrogens with zero attached hydrogens (tertiary/aromatic N) is 2. The van der Waals surface area contributed by atoms with Gasteiger partial charge in [-0.2, -0.15) is 0 Å². The summed E-state index contributed by atoms with van der Waals surface area (Å²) >= 11 is 13.1. The van der Waals surface area contributed by atoms with Crippen molar-refractivity contribution in [1.82, 2.24) is 4.90 Å². The number of hydrogen-bond acceptors (Lipinski definition) is 4. The second-order valence-electron chi connectivity index (χ2n) is 5.98. The zero-order chi connectivity index (χ0) is 20.1. The van der Waals surface area contributed by atoms with Crippen LogP contribution in [-0.2, 0) is 9.59 Å². The molecule has 0 spiro atoms. The summed E-state index contributed by atoms with van der Waals surface area (Å²) in [5.74, 6) is -0.423. The van der Waals surface area contributed by atoms with Crippen molar-refractivity contribution < 1.29 is 9.59 Å². The number of amidine groups is 1. The number of nitrogens with one attached hydrogen (secondary N) is 1. The van der Waals surface area contributed by atoms with Crippen LogP contribution in [-0.4, -0.2) is 33.7 Å². The third-order valence-corrected chi connectivity index (χ3v) is 5.53. The largest absolute Gasteiger partial charge is 0.326 e. The molecule has 1 aliphatic rings. The third kappa shape index (κ3) is 5.16. The Kier molecular flexibility index (Phi) is 6.78. The minimum Gasteiger partial charge on any atom is -0.326 e. The minimum atomic E-state index is -0.551. The molecule has 1 saturated heterocycles. The van der Waals surface area contributed by atoms with Crippen molar-refractivity contribution in [2.45, 2.75) is 11.7 Å². The fourth-order valence-corrected chi connectivity index (χ4v) is 4.07. The van der Waals surface area contributed by atoms with E-state index >= 15 is 0 Å². The van der Waals surface area contributed by atoms with E-state index in [1.54, 1.807) is 54.6 Å². The smallest absolute Gasteiger partial charge is 0.242 e. The molecule has 0 saturated carbocycles. The molecule has 0 radical (unpaired) electrons. The van der Waals surface area contributed by atoms with Crippen LogP contribution in [0.25, 0.3) is 0 Å². The molecule has 1 aliphatic heterocycles. The standard InChI is InChI=1S/C20H17Cl2N3O2S/c1-2-10-25-19(27)17(12-18(26)23-15-8-6-13(21)7-9-15)28-20(25)24-16-5-3-4-14(22)11-16/h2-9,11,17H,1,10,12H2,(H,23,26)/t17-/m1/s1. The van der Waals surface area contributed by atoms with E-state index in [0.717, 1.165) is 0 Å². The molecule has 0 bridgehead atoms. The van der Waals surface area contributed by atoms with Gasteiger partial charge in [0.15, 0.2) is 5.17 Å². The Morgan fingerprint density at radius 3 is 2.64 bits per heavy atom. The van der Waals surface area contributed by atoms with Crippen LogP contribution in [0.3, 0.4) is 0 Å². The summed E-state index contributed by atoms with van der Waals surface area (Å²) < 4.78 is 0. The first-order valence-electron chi connectivity index (χ1n) is 8.45. The van der Waals surface area contributed by atoms with Crippen LogP contribution in [0.1, 0.15) is 6.42 Å². The lowest BCUT2D eigenvalue weighted by atomic mass is 10.2. The van der Waals surface area contributed by atoms with Gasteiger partial charge >= 0.3 is 0 Å². The molecule has 8 heteroatoms. The summed E-state index contributed by atoms with van der Waals surface area (Å²) in [7, 11) is 0. The van der Waals surface area contributed by atoms with Crippen molar-refractivity contribution >= 4 is 63.3 Å². The molecule has 5 nitrogen and oxygen atoms in total. The van der Waals surface area contributed by atoms with E-state index in [9.17, 15) is 9.59 Å². The first-order valence-corrected chi connectivity index (χ1v) is 10.1. The molecule has 3 rings (SSSR count). The second-order valence-corrected chi connectivity index (χ2v) is 8.02. The molecule has 144 valence electrons. The number of anilines is 1. The highest BCUT2D eigenvalue weighted by molar-refractivity contribution is 8.15. The normalized spacial score (nSPS) is 17.8. The summed E-state index contributed by atoms with van der Waals surface area (Å²) in [6, 6.07) is 13.9. The average molecular weight is 434 g/mol. The van der Waals surface area contributed by atoms with Crippen LogP contribution in [0, 0.1) is 0 Å². The number of hydrogen-bond donors (Lipinski definition) is 1. The van der Waals surface area contributed by atoms with Gasteiger partial charge in [0, 0.05) is 28.7 Å². The van der Waals surface area contributed by atoms with Crippen molar-refractivity contribution in [2.75, 3.05) is 11.9 Å². The van der Waals surface area contributed by atoms with Crippen LogP contribution in [0.15, 0.2) is 66.2 Å². The van der Waals surface area contributed by atoms with Gasteiger partial charge in [-0.15, -0.1) is 6.58 Å². The van der Waals surface area contributed by atoms with Crippen LogP contribution in [0.5, 0.6) is 0 Å². The molecule has 1 heterocycles. The number of aliphatic imine (C=N–C) groups is 1. The second kappa shape index (κ2) is 9.28. The van der Waals surface area contributed by atoms with Gasteiger partial charge in [0.1, 0.15) is 5.25 Å². The van der Waals surface area contributed by atoms with Gasteiger partial charge in [-0.1, -0.05) is 47.1 Å². The first kappa shape index (κ1) is 20.5. The van der Waals surface area contributed by atoms with Crippen molar-refractivity contribution in [3.05, 3.63) is 71.2 Å². The number of thioether (sulfide) groups is 1. The Balaban J connectivity index is 1.73. The maximum Gasteiger partial charge on any atom is 0.242 e. The molecule has 1 fully saturated rings.